The molecule has 0 saturated carbocycles. The topological polar surface area (TPSA) is 105 Å². The summed E-state index contributed by atoms with van der Waals surface area (Å²) in [6.07, 6.45) is 3.08. The van der Waals surface area contributed by atoms with Gasteiger partial charge in [0.15, 0.2) is 0 Å². The van der Waals surface area contributed by atoms with E-state index in [0.717, 1.165) is 32.4 Å². The van der Waals surface area contributed by atoms with Gasteiger partial charge in [-0.15, -0.1) is 0 Å². The second kappa shape index (κ2) is 10.2. The molecule has 174 valence electrons. The van der Waals surface area contributed by atoms with E-state index in [1.165, 1.54) is 12.1 Å². The number of nitrogens with zero attached hydrogens (tertiary/aromatic N) is 3. The number of amides is 2. The minimum atomic E-state index is -0.541. The summed E-state index contributed by atoms with van der Waals surface area (Å²) in [5.41, 5.74) is 1.22. The van der Waals surface area contributed by atoms with Gasteiger partial charge in [-0.3, -0.25) is 19.7 Å². The lowest BCUT2D eigenvalue weighted by Gasteiger charge is -2.28. The lowest BCUT2D eigenvalue weighted by Crippen LogP contribution is -2.40. The van der Waals surface area contributed by atoms with Gasteiger partial charge in [-0.25, -0.2) is 0 Å². The molecule has 33 heavy (non-hydrogen) atoms. The maximum atomic E-state index is 12.9. The van der Waals surface area contributed by atoms with Crippen molar-refractivity contribution in [2.24, 2.45) is 0 Å². The van der Waals surface area contributed by atoms with Gasteiger partial charge in [0, 0.05) is 43.4 Å². The molecule has 0 aliphatic carbocycles. The predicted octanol–water partition coefficient (Wildman–Crippen LogP) is 3.96. The Morgan fingerprint density at radius 1 is 0.970 bits per heavy atom. The molecule has 4 rings (SSSR count). The van der Waals surface area contributed by atoms with Gasteiger partial charge in [-0.2, -0.15) is 0 Å². The van der Waals surface area contributed by atoms with Crippen molar-refractivity contribution in [2.45, 2.75) is 19.3 Å². The molecule has 2 saturated heterocycles. The van der Waals surface area contributed by atoms with Gasteiger partial charge in [0.05, 0.1) is 28.8 Å². The molecule has 2 aromatic rings. The SMILES string of the molecule is O=C(Nc1cc(C(=O)N2CCOCC2)ccc1Cl)c1ccc(N2CCCCC2)c([N+](=O)[O-])c1. The molecule has 0 radical (unpaired) electrons. The van der Waals surface area contributed by atoms with Crippen LogP contribution in [0.4, 0.5) is 17.1 Å². The number of carbonyl (C=O) groups excluding carboxylic acids is 2. The summed E-state index contributed by atoms with van der Waals surface area (Å²) in [7, 11) is 0. The lowest BCUT2D eigenvalue weighted by atomic mass is 10.1. The molecule has 2 aliphatic heterocycles. The van der Waals surface area contributed by atoms with Gasteiger partial charge in [-0.1, -0.05) is 11.6 Å². The normalized spacial score (nSPS) is 16.4. The second-order valence-corrected chi connectivity index (χ2v) is 8.47. The Kier molecular flexibility index (Phi) is 7.10. The Morgan fingerprint density at radius 2 is 1.67 bits per heavy atom. The summed E-state index contributed by atoms with van der Waals surface area (Å²) in [4.78, 5) is 40.6. The van der Waals surface area contributed by atoms with E-state index < -0.39 is 10.8 Å². The number of rotatable bonds is 5. The molecule has 2 aromatic carbocycles. The highest BCUT2D eigenvalue weighted by Gasteiger charge is 2.24. The number of nitrogens with one attached hydrogen (secondary N) is 1. The van der Waals surface area contributed by atoms with Gasteiger partial charge < -0.3 is 19.9 Å². The molecular formula is C23H25ClN4O5. The van der Waals surface area contributed by atoms with Crippen molar-refractivity contribution in [2.75, 3.05) is 49.6 Å². The third-order valence-corrected chi connectivity index (χ3v) is 6.22. The van der Waals surface area contributed by atoms with Gasteiger partial charge in [0.25, 0.3) is 17.5 Å². The van der Waals surface area contributed by atoms with E-state index in [-0.39, 0.29) is 27.9 Å². The highest BCUT2D eigenvalue weighted by Crippen LogP contribution is 2.32. The van der Waals surface area contributed by atoms with Crippen LogP contribution in [-0.4, -0.2) is 61.0 Å². The Bertz CT molecular complexity index is 1060. The van der Waals surface area contributed by atoms with E-state index >= 15 is 0 Å². The van der Waals surface area contributed by atoms with Crippen LogP contribution in [0.2, 0.25) is 5.02 Å². The smallest absolute Gasteiger partial charge is 0.293 e. The summed E-state index contributed by atoms with van der Waals surface area (Å²) >= 11 is 6.25. The van der Waals surface area contributed by atoms with E-state index in [1.54, 1.807) is 29.2 Å². The summed E-state index contributed by atoms with van der Waals surface area (Å²) in [5.74, 6) is -0.715. The van der Waals surface area contributed by atoms with Crippen molar-refractivity contribution in [3.63, 3.8) is 0 Å². The van der Waals surface area contributed by atoms with E-state index in [2.05, 4.69) is 5.32 Å². The van der Waals surface area contributed by atoms with Crippen LogP contribution in [0.1, 0.15) is 40.0 Å². The molecule has 0 spiro atoms. The van der Waals surface area contributed by atoms with Crippen LogP contribution in [0, 0.1) is 10.1 Å². The summed E-state index contributed by atoms with van der Waals surface area (Å²) in [6.45, 7) is 3.47. The predicted molar refractivity (Wildman–Crippen MR) is 125 cm³/mol. The molecule has 0 bridgehead atoms. The third-order valence-electron chi connectivity index (χ3n) is 5.89. The van der Waals surface area contributed by atoms with Crippen LogP contribution >= 0.6 is 11.6 Å². The summed E-state index contributed by atoms with van der Waals surface area (Å²) in [6, 6.07) is 9.16. The van der Waals surface area contributed by atoms with Crippen LogP contribution in [0.5, 0.6) is 0 Å². The van der Waals surface area contributed by atoms with Crippen LogP contribution < -0.4 is 10.2 Å². The minimum absolute atomic E-state index is 0.105. The van der Waals surface area contributed by atoms with Crippen molar-refractivity contribution in [3.8, 4) is 0 Å². The molecule has 10 heteroatoms. The van der Waals surface area contributed by atoms with Gasteiger partial charge in [0.2, 0.25) is 0 Å². The summed E-state index contributed by atoms with van der Waals surface area (Å²) in [5, 5.41) is 14.6. The maximum Gasteiger partial charge on any atom is 0.293 e. The van der Waals surface area contributed by atoms with E-state index in [0.29, 0.717) is 37.6 Å². The van der Waals surface area contributed by atoms with E-state index in [1.807, 2.05) is 4.90 Å². The standard InChI is InChI=1S/C23H25ClN4O5/c24-18-6-4-17(23(30)27-10-12-33-13-11-27)14-19(18)25-22(29)16-5-7-20(21(15-16)28(31)32)26-8-2-1-3-9-26/h4-7,14-15H,1-3,8-13H2,(H,25,29). The number of carbonyl (C=O) groups is 2. The third kappa shape index (κ3) is 5.26. The Balaban J connectivity index is 1.54. The van der Waals surface area contributed by atoms with Gasteiger partial charge in [-0.05, 0) is 49.6 Å². The van der Waals surface area contributed by atoms with Crippen LogP contribution in [-0.2, 0) is 4.74 Å². The fraction of sp³-hybridized carbons (Fsp3) is 0.391. The maximum absolute atomic E-state index is 12.9. The number of nitro groups is 1. The number of anilines is 2. The highest BCUT2D eigenvalue weighted by molar-refractivity contribution is 6.34. The quantitative estimate of drug-likeness (QED) is 0.521. The number of hydrogen-bond acceptors (Lipinski definition) is 6. The Labute approximate surface area is 196 Å². The van der Waals surface area contributed by atoms with Crippen molar-refractivity contribution in [1.82, 2.24) is 4.90 Å². The molecule has 0 unspecified atom stereocenters. The average Bonchev–Trinajstić information content (AvgIpc) is 2.85. The molecule has 9 nitrogen and oxygen atoms in total. The van der Waals surface area contributed by atoms with Gasteiger partial charge >= 0.3 is 0 Å². The number of nitro benzene ring substituents is 1. The Morgan fingerprint density at radius 3 is 2.36 bits per heavy atom. The van der Waals surface area contributed by atoms with Crippen molar-refractivity contribution in [3.05, 3.63) is 62.7 Å². The first-order valence-corrected chi connectivity index (χ1v) is 11.3. The second-order valence-electron chi connectivity index (χ2n) is 8.06. The van der Waals surface area contributed by atoms with Crippen LogP contribution in [0.25, 0.3) is 0 Å². The Hall–Kier alpha value is -3.17. The van der Waals surface area contributed by atoms with E-state index in [9.17, 15) is 19.7 Å². The number of piperidine rings is 1. The van der Waals surface area contributed by atoms with Crippen molar-refractivity contribution >= 4 is 40.5 Å². The molecular weight excluding hydrogens is 448 g/mol. The number of halogens is 1. The number of morpholine rings is 1. The fourth-order valence-electron chi connectivity index (χ4n) is 4.11. The zero-order valence-corrected chi connectivity index (χ0v) is 18.8. The zero-order chi connectivity index (χ0) is 23.4. The first-order chi connectivity index (χ1) is 15.9. The first-order valence-electron chi connectivity index (χ1n) is 11.0. The number of ether oxygens (including phenoxy) is 1. The molecule has 0 aromatic heterocycles. The summed E-state index contributed by atoms with van der Waals surface area (Å²) < 4.78 is 5.28. The van der Waals surface area contributed by atoms with Crippen LogP contribution in [0.3, 0.4) is 0 Å². The number of benzene rings is 2. The lowest BCUT2D eigenvalue weighted by molar-refractivity contribution is -0.384. The largest absolute Gasteiger partial charge is 0.378 e. The molecule has 0 atom stereocenters. The van der Waals surface area contributed by atoms with Gasteiger partial charge in [0.1, 0.15) is 5.69 Å². The highest BCUT2D eigenvalue weighted by atomic mass is 35.5. The van der Waals surface area contributed by atoms with E-state index in [4.69, 9.17) is 16.3 Å². The molecule has 2 aliphatic rings. The first kappa shape index (κ1) is 23.0. The fourth-order valence-corrected chi connectivity index (χ4v) is 4.28. The average molecular weight is 473 g/mol. The molecule has 2 amide bonds. The monoisotopic (exact) mass is 472 g/mol. The minimum Gasteiger partial charge on any atom is -0.378 e. The zero-order valence-electron chi connectivity index (χ0n) is 18.1. The number of hydrogen-bond donors (Lipinski definition) is 1. The van der Waals surface area contributed by atoms with Crippen molar-refractivity contribution < 1.29 is 19.2 Å². The van der Waals surface area contributed by atoms with Crippen LogP contribution in [0.15, 0.2) is 36.4 Å². The van der Waals surface area contributed by atoms with Crippen molar-refractivity contribution in [1.29, 1.82) is 0 Å². The molecule has 2 heterocycles. The molecule has 1 N–H and O–H groups in total. The molecule has 2 fully saturated rings.